The number of benzene rings is 1. The summed E-state index contributed by atoms with van der Waals surface area (Å²) in [5.41, 5.74) is 2.39. The van der Waals surface area contributed by atoms with Crippen molar-refractivity contribution in [2.45, 2.75) is 53.9 Å². The van der Waals surface area contributed by atoms with Crippen LogP contribution in [0, 0.1) is 11.3 Å². The second-order valence-corrected chi connectivity index (χ2v) is 7.09. The van der Waals surface area contributed by atoms with E-state index in [-0.39, 0.29) is 31.1 Å². The van der Waals surface area contributed by atoms with Crippen molar-refractivity contribution in [1.82, 2.24) is 0 Å². The zero-order chi connectivity index (χ0) is 15.0. The van der Waals surface area contributed by atoms with Crippen molar-refractivity contribution in [3.63, 3.8) is 0 Å². The number of hydrogen-bond acceptors (Lipinski definition) is 4. The SMILES string of the molecule is C.CC1=NN(c2ccccc2)C2OCOC(CC(C)(C)C)C12. The molecule has 0 aromatic heterocycles. The van der Waals surface area contributed by atoms with Crippen LogP contribution < -0.4 is 5.01 Å². The fourth-order valence-corrected chi connectivity index (χ4v) is 3.15. The second-order valence-electron chi connectivity index (χ2n) is 7.09. The number of hydrazone groups is 1. The van der Waals surface area contributed by atoms with Gasteiger partial charge in [0.05, 0.1) is 17.7 Å². The summed E-state index contributed by atoms with van der Waals surface area (Å²) in [6.45, 7) is 9.16. The van der Waals surface area contributed by atoms with Crippen LogP contribution in [0.4, 0.5) is 5.69 Å². The minimum Gasteiger partial charge on any atom is -0.351 e. The zero-order valence-electron chi connectivity index (χ0n) is 13.2. The number of hydrogen-bond donors (Lipinski definition) is 0. The Bertz CT molecular complexity index is 522. The van der Waals surface area contributed by atoms with Gasteiger partial charge >= 0.3 is 0 Å². The van der Waals surface area contributed by atoms with Gasteiger partial charge in [-0.2, -0.15) is 5.10 Å². The maximum atomic E-state index is 5.89. The highest BCUT2D eigenvalue weighted by Crippen LogP contribution is 2.38. The van der Waals surface area contributed by atoms with Gasteiger partial charge in [-0.25, -0.2) is 5.01 Å². The molecule has 4 nitrogen and oxygen atoms in total. The lowest BCUT2D eigenvalue weighted by atomic mass is 9.82. The average Bonchev–Trinajstić information content (AvgIpc) is 2.77. The van der Waals surface area contributed by atoms with Gasteiger partial charge in [0.2, 0.25) is 0 Å². The van der Waals surface area contributed by atoms with Crippen LogP contribution in [0.5, 0.6) is 0 Å². The van der Waals surface area contributed by atoms with E-state index in [1.807, 2.05) is 23.2 Å². The van der Waals surface area contributed by atoms with Gasteiger partial charge < -0.3 is 9.47 Å². The van der Waals surface area contributed by atoms with E-state index in [2.05, 4.69) is 39.8 Å². The van der Waals surface area contributed by atoms with E-state index in [4.69, 9.17) is 14.6 Å². The topological polar surface area (TPSA) is 34.1 Å². The summed E-state index contributed by atoms with van der Waals surface area (Å²) in [4.78, 5) is 0. The van der Waals surface area contributed by atoms with Gasteiger partial charge in [-0.3, -0.25) is 0 Å². The predicted molar refractivity (Wildman–Crippen MR) is 90.9 cm³/mol. The van der Waals surface area contributed by atoms with Crippen LogP contribution in [0.1, 0.15) is 41.5 Å². The number of para-hydroxylation sites is 1. The standard InChI is InChI=1S/C17H24N2O2.CH4/c1-12-15-14(10-17(2,3)4)20-11-21-16(15)19(18-12)13-8-6-5-7-9-13;/h5-9,14-16H,10-11H2,1-4H3;1H4. The smallest absolute Gasteiger partial charge is 0.164 e. The Hall–Kier alpha value is -1.39. The van der Waals surface area contributed by atoms with Crippen molar-refractivity contribution >= 4 is 11.4 Å². The van der Waals surface area contributed by atoms with E-state index < -0.39 is 0 Å². The third-order valence-corrected chi connectivity index (χ3v) is 4.05. The molecule has 0 radical (unpaired) electrons. The van der Waals surface area contributed by atoms with Gasteiger partial charge in [0, 0.05) is 5.71 Å². The monoisotopic (exact) mass is 304 g/mol. The molecule has 3 rings (SSSR count). The van der Waals surface area contributed by atoms with E-state index >= 15 is 0 Å². The van der Waals surface area contributed by atoms with Crippen molar-refractivity contribution in [1.29, 1.82) is 0 Å². The molecule has 0 bridgehead atoms. The normalized spacial score (nSPS) is 27.9. The van der Waals surface area contributed by atoms with Crippen LogP contribution >= 0.6 is 0 Å². The largest absolute Gasteiger partial charge is 0.351 e. The molecule has 0 aliphatic carbocycles. The summed E-state index contributed by atoms with van der Waals surface area (Å²) in [7, 11) is 0. The Morgan fingerprint density at radius 2 is 1.86 bits per heavy atom. The zero-order valence-corrected chi connectivity index (χ0v) is 13.2. The van der Waals surface area contributed by atoms with Crippen molar-refractivity contribution in [2.75, 3.05) is 11.8 Å². The van der Waals surface area contributed by atoms with Gasteiger partial charge in [-0.05, 0) is 30.9 Å². The molecule has 0 spiro atoms. The van der Waals surface area contributed by atoms with E-state index in [1.165, 1.54) is 0 Å². The van der Waals surface area contributed by atoms with Crippen molar-refractivity contribution in [2.24, 2.45) is 16.4 Å². The number of ether oxygens (including phenoxy) is 2. The summed E-state index contributed by atoms with van der Waals surface area (Å²) in [5.74, 6) is 0.207. The minimum absolute atomic E-state index is 0. The number of anilines is 1. The summed E-state index contributed by atoms with van der Waals surface area (Å²) in [5, 5.41) is 6.73. The first-order valence-electron chi connectivity index (χ1n) is 7.58. The van der Waals surface area contributed by atoms with Gasteiger partial charge in [-0.15, -0.1) is 0 Å². The van der Waals surface area contributed by atoms with Crippen LogP contribution in [0.2, 0.25) is 0 Å². The molecule has 0 saturated carbocycles. The van der Waals surface area contributed by atoms with Gasteiger partial charge in [0.15, 0.2) is 6.23 Å². The second kappa shape index (κ2) is 6.39. The summed E-state index contributed by atoms with van der Waals surface area (Å²) in [6, 6.07) is 10.2. The molecule has 4 heteroatoms. The molecule has 22 heavy (non-hydrogen) atoms. The van der Waals surface area contributed by atoms with Gasteiger partial charge in [-0.1, -0.05) is 46.4 Å². The highest BCUT2D eigenvalue weighted by atomic mass is 16.7. The van der Waals surface area contributed by atoms with Crippen LogP contribution in [0.15, 0.2) is 35.4 Å². The predicted octanol–water partition coefficient (Wildman–Crippen LogP) is 4.27. The molecule has 3 unspecified atom stereocenters. The van der Waals surface area contributed by atoms with E-state index in [9.17, 15) is 0 Å². The first kappa shape index (κ1) is 17.0. The molecule has 2 aliphatic heterocycles. The highest BCUT2D eigenvalue weighted by molar-refractivity contribution is 5.89. The maximum Gasteiger partial charge on any atom is 0.164 e. The molecule has 0 amide bonds. The Balaban J connectivity index is 0.00000176. The number of rotatable bonds is 2. The van der Waals surface area contributed by atoms with Crippen LogP contribution in [0.3, 0.4) is 0 Å². The molecule has 0 N–H and O–H groups in total. The van der Waals surface area contributed by atoms with E-state index in [0.29, 0.717) is 6.79 Å². The fourth-order valence-electron chi connectivity index (χ4n) is 3.15. The molecular formula is C18H28N2O2. The summed E-state index contributed by atoms with van der Waals surface area (Å²) >= 11 is 0. The molecular weight excluding hydrogens is 276 g/mol. The quantitative estimate of drug-likeness (QED) is 0.818. The Labute approximate surface area is 134 Å². The third kappa shape index (κ3) is 3.33. The lowest BCUT2D eigenvalue weighted by Gasteiger charge is -2.39. The highest BCUT2D eigenvalue weighted by Gasteiger charge is 2.46. The molecule has 1 saturated heterocycles. The van der Waals surface area contributed by atoms with Gasteiger partial charge in [0.1, 0.15) is 6.79 Å². The Morgan fingerprint density at radius 3 is 2.50 bits per heavy atom. The number of nitrogens with zero attached hydrogens (tertiary/aromatic N) is 2. The van der Waals surface area contributed by atoms with Crippen molar-refractivity contribution in [3.8, 4) is 0 Å². The fraction of sp³-hybridized carbons (Fsp3) is 0.611. The molecule has 122 valence electrons. The Morgan fingerprint density at radius 1 is 1.18 bits per heavy atom. The lowest BCUT2D eigenvalue weighted by molar-refractivity contribution is -0.194. The maximum absolute atomic E-state index is 5.89. The van der Waals surface area contributed by atoms with Crippen LogP contribution in [-0.2, 0) is 9.47 Å². The minimum atomic E-state index is -0.0477. The summed E-state index contributed by atoms with van der Waals surface area (Å²) < 4.78 is 11.8. The summed E-state index contributed by atoms with van der Waals surface area (Å²) in [6.07, 6.45) is 1.13. The molecule has 1 aromatic carbocycles. The lowest BCUT2D eigenvalue weighted by Crippen LogP contribution is -2.48. The molecule has 2 aliphatic rings. The molecule has 1 fully saturated rings. The van der Waals surface area contributed by atoms with Crippen molar-refractivity contribution < 1.29 is 9.47 Å². The van der Waals surface area contributed by atoms with Crippen LogP contribution in [-0.4, -0.2) is 24.8 Å². The van der Waals surface area contributed by atoms with Gasteiger partial charge in [0.25, 0.3) is 0 Å². The first-order valence-corrected chi connectivity index (χ1v) is 7.58. The molecule has 1 aromatic rings. The van der Waals surface area contributed by atoms with Crippen molar-refractivity contribution in [3.05, 3.63) is 30.3 Å². The first-order chi connectivity index (χ1) is 9.96. The third-order valence-electron chi connectivity index (χ3n) is 4.05. The van der Waals surface area contributed by atoms with Crippen LogP contribution in [0.25, 0.3) is 0 Å². The average molecular weight is 304 g/mol. The van der Waals surface area contributed by atoms with E-state index in [0.717, 1.165) is 17.8 Å². The Kier molecular flexibility index (Phi) is 4.93. The number of fused-ring (bicyclic) bond motifs is 1. The molecule has 2 heterocycles. The van der Waals surface area contributed by atoms with E-state index in [1.54, 1.807) is 0 Å². The molecule has 3 atom stereocenters.